The molecule has 0 fully saturated rings. The van der Waals surface area contributed by atoms with Gasteiger partial charge in [0, 0.05) is 6.42 Å². The second kappa shape index (κ2) is 49.4. The molecule has 0 spiro atoms. The molecule has 6 nitrogen and oxygen atoms in total. The topological polar surface area (TPSA) is 95.9 Å². The Balaban J connectivity index is 4.54. The average Bonchev–Trinajstić information content (AvgIpc) is 3.25. The van der Waals surface area contributed by atoms with Crippen molar-refractivity contribution in [1.82, 2.24) is 5.32 Å². The summed E-state index contributed by atoms with van der Waals surface area (Å²) < 4.78 is 5.95. The second-order valence-electron chi connectivity index (χ2n) is 18.6. The number of carbonyl (C=O) groups excluding carboxylic acids is 2. The van der Waals surface area contributed by atoms with Gasteiger partial charge in [-0.2, -0.15) is 0 Å². The summed E-state index contributed by atoms with van der Waals surface area (Å²) in [6.45, 7) is 6.41. The molecule has 0 heterocycles. The van der Waals surface area contributed by atoms with Crippen LogP contribution in [0.2, 0.25) is 0 Å². The zero-order valence-corrected chi connectivity index (χ0v) is 41.1. The third-order valence-electron chi connectivity index (χ3n) is 12.5. The Morgan fingerprint density at radius 1 is 0.492 bits per heavy atom. The van der Waals surface area contributed by atoms with Gasteiger partial charge in [-0.3, -0.25) is 9.59 Å². The zero-order chi connectivity index (χ0) is 44.5. The third-order valence-corrected chi connectivity index (χ3v) is 12.5. The number of esters is 1. The van der Waals surface area contributed by atoms with E-state index < -0.39 is 18.2 Å². The molecule has 61 heavy (non-hydrogen) atoms. The first-order chi connectivity index (χ1) is 30.0. The van der Waals surface area contributed by atoms with Gasteiger partial charge in [0.25, 0.3) is 0 Å². The smallest absolute Gasteiger partial charge is 0.306 e. The van der Waals surface area contributed by atoms with Crippen molar-refractivity contribution in [2.75, 3.05) is 6.61 Å². The monoisotopic (exact) mass is 860 g/mol. The summed E-state index contributed by atoms with van der Waals surface area (Å²) in [5, 5.41) is 23.8. The Hall–Kier alpha value is -1.66. The molecule has 0 aromatic rings. The molecule has 0 radical (unpaired) electrons. The summed E-state index contributed by atoms with van der Waals surface area (Å²) in [5.74, 6) is -0.466. The molecule has 0 aliphatic rings. The van der Waals surface area contributed by atoms with Crippen LogP contribution in [0.5, 0.6) is 0 Å². The van der Waals surface area contributed by atoms with E-state index in [4.69, 9.17) is 4.74 Å². The van der Waals surface area contributed by atoms with Gasteiger partial charge in [-0.15, -0.1) is 0 Å². The van der Waals surface area contributed by atoms with Gasteiger partial charge in [0.1, 0.15) is 6.10 Å². The standard InChI is InChI=1S/C55H105NO5/c1-4-7-10-13-16-19-22-25-27-29-31-34-37-40-43-46-51(61-55(60)48-45-42-39-36-33-30-26-23-20-17-14-11-8-5-2)49-54(59)56-52(50-57)53(58)47-44-41-38-35-32-28-24-21-18-15-12-9-6-3/h8,11,17,20,51-53,57-58H,4-7,9-10,12-16,18-19,21-50H2,1-3H3,(H,56,59)/b11-8+,20-17+. The van der Waals surface area contributed by atoms with Crippen molar-refractivity contribution in [3.63, 3.8) is 0 Å². The summed E-state index contributed by atoms with van der Waals surface area (Å²) in [6.07, 6.45) is 56.6. The van der Waals surface area contributed by atoms with Crippen LogP contribution >= 0.6 is 0 Å². The van der Waals surface area contributed by atoms with Crippen molar-refractivity contribution in [2.24, 2.45) is 0 Å². The number of hydrogen-bond donors (Lipinski definition) is 3. The highest BCUT2D eigenvalue weighted by Crippen LogP contribution is 2.19. The maximum absolute atomic E-state index is 13.2. The molecule has 0 aromatic carbocycles. The SMILES string of the molecule is CC/C=C/C/C=C/CCCCCCCCCC(=O)OC(CCCCCCCCCCCCCCCCC)CC(=O)NC(CO)C(O)CCCCCCCCCCCCCCC. The lowest BCUT2D eigenvalue weighted by molar-refractivity contribution is -0.151. The molecule has 0 bridgehead atoms. The summed E-state index contributed by atoms with van der Waals surface area (Å²) in [6, 6.07) is -0.698. The van der Waals surface area contributed by atoms with Crippen molar-refractivity contribution < 1.29 is 24.5 Å². The van der Waals surface area contributed by atoms with Crippen molar-refractivity contribution in [2.45, 2.75) is 309 Å². The minimum Gasteiger partial charge on any atom is -0.462 e. The van der Waals surface area contributed by atoms with Crippen LogP contribution in [-0.4, -0.2) is 46.9 Å². The van der Waals surface area contributed by atoms with Gasteiger partial charge in [0.05, 0.1) is 25.2 Å². The van der Waals surface area contributed by atoms with Gasteiger partial charge < -0.3 is 20.3 Å². The van der Waals surface area contributed by atoms with Gasteiger partial charge in [0.2, 0.25) is 5.91 Å². The molecule has 0 aliphatic carbocycles. The van der Waals surface area contributed by atoms with E-state index >= 15 is 0 Å². The normalized spacial score (nSPS) is 13.3. The third kappa shape index (κ3) is 44.7. The number of aliphatic hydroxyl groups is 2. The number of ether oxygens (including phenoxy) is 1. The summed E-state index contributed by atoms with van der Waals surface area (Å²) in [4.78, 5) is 26.2. The van der Waals surface area contributed by atoms with Gasteiger partial charge in [-0.1, -0.05) is 251 Å². The molecule has 0 aromatic heterocycles. The summed E-state index contributed by atoms with van der Waals surface area (Å²) in [5.41, 5.74) is 0. The first-order valence-corrected chi connectivity index (χ1v) is 27.1. The molecule has 6 heteroatoms. The fourth-order valence-corrected chi connectivity index (χ4v) is 8.47. The van der Waals surface area contributed by atoms with E-state index in [2.05, 4.69) is 50.4 Å². The molecule has 3 unspecified atom stereocenters. The molecule has 3 N–H and O–H groups in total. The van der Waals surface area contributed by atoms with Gasteiger partial charge in [0.15, 0.2) is 0 Å². The van der Waals surface area contributed by atoms with Gasteiger partial charge >= 0.3 is 5.97 Å². The Morgan fingerprint density at radius 2 is 0.885 bits per heavy atom. The first kappa shape index (κ1) is 59.3. The minimum absolute atomic E-state index is 0.0803. The number of carbonyl (C=O) groups is 2. The van der Waals surface area contributed by atoms with E-state index in [9.17, 15) is 19.8 Å². The Morgan fingerprint density at radius 3 is 1.33 bits per heavy atom. The number of nitrogens with one attached hydrogen (secondary N) is 1. The van der Waals surface area contributed by atoms with Crippen LogP contribution < -0.4 is 5.32 Å². The summed E-state index contributed by atoms with van der Waals surface area (Å²) in [7, 11) is 0. The van der Waals surface area contributed by atoms with E-state index in [0.29, 0.717) is 19.3 Å². The molecular weight excluding hydrogens is 755 g/mol. The van der Waals surface area contributed by atoms with Crippen LogP contribution in [0.4, 0.5) is 0 Å². The number of amides is 1. The molecule has 0 saturated heterocycles. The molecule has 0 aliphatic heterocycles. The molecule has 360 valence electrons. The molecule has 0 saturated carbocycles. The maximum atomic E-state index is 13.2. The largest absolute Gasteiger partial charge is 0.462 e. The lowest BCUT2D eigenvalue weighted by atomic mass is 10.0. The number of unbranched alkanes of at least 4 members (excludes halogenated alkanes) is 33. The predicted octanol–water partition coefficient (Wildman–Crippen LogP) is 16.3. The van der Waals surface area contributed by atoms with Crippen LogP contribution in [0, 0.1) is 0 Å². The Labute approximate surface area is 380 Å². The van der Waals surface area contributed by atoms with Crippen molar-refractivity contribution >= 4 is 11.9 Å². The van der Waals surface area contributed by atoms with Crippen molar-refractivity contribution in [1.29, 1.82) is 0 Å². The van der Waals surface area contributed by atoms with Crippen LogP contribution in [0.15, 0.2) is 24.3 Å². The van der Waals surface area contributed by atoms with Crippen LogP contribution in [0.1, 0.15) is 290 Å². The van der Waals surface area contributed by atoms with Gasteiger partial charge in [-0.05, 0) is 51.4 Å². The predicted molar refractivity (Wildman–Crippen MR) is 264 cm³/mol. The number of allylic oxidation sites excluding steroid dienone is 4. The van der Waals surface area contributed by atoms with E-state index in [1.54, 1.807) is 0 Å². The van der Waals surface area contributed by atoms with Crippen molar-refractivity contribution in [3.8, 4) is 0 Å². The Kier molecular flexibility index (Phi) is 48.0. The first-order valence-electron chi connectivity index (χ1n) is 27.1. The van der Waals surface area contributed by atoms with Crippen LogP contribution in [0.25, 0.3) is 0 Å². The molecule has 3 atom stereocenters. The fraction of sp³-hybridized carbons (Fsp3) is 0.891. The zero-order valence-electron chi connectivity index (χ0n) is 41.1. The number of aliphatic hydroxyl groups excluding tert-OH is 2. The number of rotatable bonds is 49. The van der Waals surface area contributed by atoms with E-state index in [0.717, 1.165) is 64.2 Å². The highest BCUT2D eigenvalue weighted by molar-refractivity contribution is 5.77. The molecular formula is C55H105NO5. The maximum Gasteiger partial charge on any atom is 0.306 e. The highest BCUT2D eigenvalue weighted by Gasteiger charge is 2.24. The van der Waals surface area contributed by atoms with Crippen molar-refractivity contribution in [3.05, 3.63) is 24.3 Å². The quantitative estimate of drug-likeness (QED) is 0.0322. The highest BCUT2D eigenvalue weighted by atomic mass is 16.5. The number of hydrogen-bond acceptors (Lipinski definition) is 5. The lowest BCUT2D eigenvalue weighted by Crippen LogP contribution is -2.46. The molecule has 1 amide bonds. The van der Waals surface area contributed by atoms with Gasteiger partial charge in [-0.25, -0.2) is 0 Å². The fourth-order valence-electron chi connectivity index (χ4n) is 8.47. The lowest BCUT2D eigenvalue weighted by Gasteiger charge is -2.24. The van der Waals surface area contributed by atoms with E-state index in [1.807, 2.05) is 0 Å². The van der Waals surface area contributed by atoms with Crippen LogP contribution in [0.3, 0.4) is 0 Å². The Bertz CT molecular complexity index is 966. The second-order valence-corrected chi connectivity index (χ2v) is 18.6. The average molecular weight is 860 g/mol. The summed E-state index contributed by atoms with van der Waals surface area (Å²) >= 11 is 0. The van der Waals surface area contributed by atoms with E-state index in [-0.39, 0.29) is 24.9 Å². The minimum atomic E-state index is -0.784. The molecule has 0 rings (SSSR count). The van der Waals surface area contributed by atoms with Crippen LogP contribution in [-0.2, 0) is 14.3 Å². The van der Waals surface area contributed by atoms with E-state index in [1.165, 1.54) is 180 Å².